The summed E-state index contributed by atoms with van der Waals surface area (Å²) in [6.07, 6.45) is 1.50. The number of aliphatic hydroxyl groups is 1. The van der Waals surface area contributed by atoms with Gasteiger partial charge in [-0.3, -0.25) is 0 Å². The molecule has 6 nitrogen and oxygen atoms in total. The van der Waals surface area contributed by atoms with Crippen molar-refractivity contribution in [1.29, 1.82) is 0 Å². The summed E-state index contributed by atoms with van der Waals surface area (Å²) in [6, 6.07) is 1.06. The quantitative estimate of drug-likeness (QED) is 0.869. The number of aromatic nitrogens is 2. The zero-order valence-electron chi connectivity index (χ0n) is 7.55. The Bertz CT molecular complexity index is 453. The van der Waals surface area contributed by atoms with Gasteiger partial charge in [0.2, 0.25) is 0 Å². The predicted molar refractivity (Wildman–Crippen MR) is 53.7 cm³/mol. The Morgan fingerprint density at radius 1 is 1.60 bits per heavy atom. The molecule has 2 rings (SSSR count). The van der Waals surface area contributed by atoms with Gasteiger partial charge in [0.05, 0.1) is 24.5 Å². The minimum absolute atomic E-state index is 0.231. The highest BCUT2D eigenvalue weighted by atomic mass is 79.9. The molecule has 15 heavy (non-hydrogen) atoms. The Morgan fingerprint density at radius 3 is 3.00 bits per heavy atom. The van der Waals surface area contributed by atoms with Crippen LogP contribution < -0.4 is 5.73 Å². The van der Waals surface area contributed by atoms with Crippen LogP contribution in [0.4, 0.5) is 0 Å². The van der Waals surface area contributed by atoms with Crippen LogP contribution in [0.25, 0.3) is 11.5 Å². The molecule has 1 unspecified atom stereocenters. The summed E-state index contributed by atoms with van der Waals surface area (Å²) in [7, 11) is 0. The van der Waals surface area contributed by atoms with Gasteiger partial charge in [0.25, 0.3) is 5.89 Å². The topological polar surface area (TPSA) is 98.3 Å². The molecule has 0 aliphatic heterocycles. The first-order valence-electron chi connectivity index (χ1n) is 4.15. The van der Waals surface area contributed by atoms with Gasteiger partial charge in [-0.05, 0) is 22.0 Å². The van der Waals surface area contributed by atoms with E-state index in [-0.39, 0.29) is 12.4 Å². The Labute approximate surface area is 93.2 Å². The van der Waals surface area contributed by atoms with E-state index < -0.39 is 6.04 Å². The molecule has 0 bridgehead atoms. The first-order chi connectivity index (χ1) is 7.22. The maximum absolute atomic E-state index is 8.81. The van der Waals surface area contributed by atoms with Crippen LogP contribution in [0.1, 0.15) is 11.9 Å². The van der Waals surface area contributed by atoms with E-state index >= 15 is 0 Å². The standard InChI is InChI=1S/C8H8BrN3O3/c9-6-4(1-2-14-6)8-11-7(12-15-8)5(10)3-13/h1-2,5,13H,3,10H2. The van der Waals surface area contributed by atoms with E-state index in [1.165, 1.54) is 6.26 Å². The van der Waals surface area contributed by atoms with Crippen LogP contribution in [0.3, 0.4) is 0 Å². The number of halogens is 1. The minimum atomic E-state index is -0.631. The Kier molecular flexibility index (Phi) is 2.85. The lowest BCUT2D eigenvalue weighted by Crippen LogP contribution is -2.15. The average molecular weight is 274 g/mol. The number of furan rings is 1. The second-order valence-corrected chi connectivity index (χ2v) is 3.58. The van der Waals surface area contributed by atoms with Gasteiger partial charge in [-0.2, -0.15) is 4.98 Å². The summed E-state index contributed by atoms with van der Waals surface area (Å²) in [6.45, 7) is -0.231. The predicted octanol–water partition coefficient (Wildman–Crippen LogP) is 1.08. The minimum Gasteiger partial charge on any atom is -0.457 e. The third-order valence-corrected chi connectivity index (χ3v) is 2.43. The lowest BCUT2D eigenvalue weighted by atomic mass is 10.3. The fourth-order valence-electron chi connectivity index (χ4n) is 1.02. The second-order valence-electron chi connectivity index (χ2n) is 2.85. The highest BCUT2D eigenvalue weighted by molar-refractivity contribution is 9.10. The fourth-order valence-corrected chi connectivity index (χ4v) is 1.43. The number of aliphatic hydroxyl groups excluding tert-OH is 1. The summed E-state index contributed by atoms with van der Waals surface area (Å²) in [5, 5.41) is 12.5. The maximum atomic E-state index is 8.81. The number of rotatable bonds is 3. The van der Waals surface area contributed by atoms with E-state index in [0.717, 1.165) is 0 Å². The van der Waals surface area contributed by atoms with E-state index in [0.29, 0.717) is 16.1 Å². The van der Waals surface area contributed by atoms with Crippen LogP contribution in [-0.4, -0.2) is 21.9 Å². The SMILES string of the molecule is NC(CO)c1noc(-c2ccoc2Br)n1. The average Bonchev–Trinajstić information content (AvgIpc) is 2.84. The molecular weight excluding hydrogens is 266 g/mol. The molecule has 2 heterocycles. The molecule has 0 saturated heterocycles. The van der Waals surface area contributed by atoms with Gasteiger partial charge in [0.15, 0.2) is 10.5 Å². The van der Waals surface area contributed by atoms with Crippen LogP contribution in [0.5, 0.6) is 0 Å². The van der Waals surface area contributed by atoms with Gasteiger partial charge in [0, 0.05) is 0 Å². The molecule has 0 fully saturated rings. The van der Waals surface area contributed by atoms with Gasteiger partial charge in [-0.25, -0.2) is 0 Å². The van der Waals surface area contributed by atoms with Gasteiger partial charge < -0.3 is 19.8 Å². The lowest BCUT2D eigenvalue weighted by molar-refractivity contribution is 0.260. The Balaban J connectivity index is 2.32. The molecule has 0 radical (unpaired) electrons. The fraction of sp³-hybridized carbons (Fsp3) is 0.250. The van der Waals surface area contributed by atoms with Crippen molar-refractivity contribution in [2.75, 3.05) is 6.61 Å². The van der Waals surface area contributed by atoms with Crippen molar-refractivity contribution in [2.24, 2.45) is 5.73 Å². The van der Waals surface area contributed by atoms with E-state index in [1.807, 2.05) is 0 Å². The van der Waals surface area contributed by atoms with E-state index in [2.05, 4.69) is 26.1 Å². The van der Waals surface area contributed by atoms with Crippen molar-refractivity contribution < 1.29 is 14.0 Å². The third-order valence-electron chi connectivity index (χ3n) is 1.82. The highest BCUT2D eigenvalue weighted by Gasteiger charge is 2.17. The third kappa shape index (κ3) is 1.94. The monoisotopic (exact) mass is 273 g/mol. The lowest BCUT2D eigenvalue weighted by Gasteiger charge is -1.98. The number of hydrogen-bond acceptors (Lipinski definition) is 6. The molecule has 0 amide bonds. The molecular formula is C8H8BrN3O3. The van der Waals surface area contributed by atoms with Crippen molar-refractivity contribution in [3.63, 3.8) is 0 Å². The van der Waals surface area contributed by atoms with Crippen molar-refractivity contribution in [1.82, 2.24) is 10.1 Å². The van der Waals surface area contributed by atoms with Crippen LogP contribution >= 0.6 is 15.9 Å². The molecule has 1 atom stereocenters. The van der Waals surface area contributed by atoms with Crippen molar-refractivity contribution >= 4 is 15.9 Å². The normalized spacial score (nSPS) is 13.0. The largest absolute Gasteiger partial charge is 0.457 e. The van der Waals surface area contributed by atoms with Crippen molar-refractivity contribution in [3.8, 4) is 11.5 Å². The van der Waals surface area contributed by atoms with Gasteiger partial charge in [0.1, 0.15) is 0 Å². The summed E-state index contributed by atoms with van der Waals surface area (Å²) < 4.78 is 10.5. The first-order valence-corrected chi connectivity index (χ1v) is 4.95. The molecule has 0 aromatic carbocycles. The van der Waals surface area contributed by atoms with Gasteiger partial charge >= 0.3 is 0 Å². The van der Waals surface area contributed by atoms with Gasteiger partial charge in [-0.15, -0.1) is 0 Å². The maximum Gasteiger partial charge on any atom is 0.262 e. The molecule has 80 valence electrons. The molecule has 0 spiro atoms. The van der Waals surface area contributed by atoms with Crippen LogP contribution in [0.15, 0.2) is 25.9 Å². The first kappa shape index (κ1) is 10.3. The number of nitrogens with two attached hydrogens (primary N) is 1. The number of hydrogen-bond donors (Lipinski definition) is 2. The zero-order chi connectivity index (χ0) is 10.8. The molecule has 7 heteroatoms. The molecule has 2 aromatic heterocycles. The van der Waals surface area contributed by atoms with E-state index in [4.69, 9.17) is 19.8 Å². The Hall–Kier alpha value is -1.18. The zero-order valence-corrected chi connectivity index (χ0v) is 9.14. The summed E-state index contributed by atoms with van der Waals surface area (Å²) in [5.74, 6) is 0.565. The summed E-state index contributed by atoms with van der Waals surface area (Å²) >= 11 is 3.19. The second kappa shape index (κ2) is 4.13. The van der Waals surface area contributed by atoms with Crippen LogP contribution in [0.2, 0.25) is 0 Å². The van der Waals surface area contributed by atoms with E-state index in [1.54, 1.807) is 6.07 Å². The summed E-state index contributed by atoms with van der Waals surface area (Å²) in [5.41, 5.74) is 6.18. The molecule has 3 N–H and O–H groups in total. The molecule has 0 aliphatic rings. The van der Waals surface area contributed by atoms with E-state index in [9.17, 15) is 0 Å². The molecule has 0 aliphatic carbocycles. The van der Waals surface area contributed by atoms with Crippen molar-refractivity contribution in [3.05, 3.63) is 22.8 Å². The molecule has 0 saturated carbocycles. The van der Waals surface area contributed by atoms with Crippen LogP contribution in [-0.2, 0) is 0 Å². The Morgan fingerprint density at radius 2 is 2.40 bits per heavy atom. The van der Waals surface area contributed by atoms with Gasteiger partial charge in [-0.1, -0.05) is 5.16 Å². The van der Waals surface area contributed by atoms with Crippen LogP contribution in [0, 0.1) is 0 Å². The highest BCUT2D eigenvalue weighted by Crippen LogP contribution is 2.28. The van der Waals surface area contributed by atoms with Crippen molar-refractivity contribution in [2.45, 2.75) is 6.04 Å². The number of nitrogens with zero attached hydrogens (tertiary/aromatic N) is 2. The smallest absolute Gasteiger partial charge is 0.262 e. The molecule has 2 aromatic rings. The summed E-state index contributed by atoms with van der Waals surface area (Å²) in [4.78, 5) is 4.03.